The lowest BCUT2D eigenvalue weighted by Crippen LogP contribution is -2.15. The fraction of sp³-hybridized carbons (Fsp3) is 0.500. The van der Waals surface area contributed by atoms with E-state index < -0.39 is 0 Å². The van der Waals surface area contributed by atoms with E-state index in [1.165, 1.54) is 5.56 Å². The number of hydrogen-bond acceptors (Lipinski definition) is 1. The van der Waals surface area contributed by atoms with E-state index in [0.717, 1.165) is 11.2 Å². The van der Waals surface area contributed by atoms with Crippen molar-refractivity contribution in [2.45, 2.75) is 39.7 Å². The molecule has 1 nitrogen and oxygen atoms in total. The van der Waals surface area contributed by atoms with Crippen molar-refractivity contribution in [1.29, 1.82) is 0 Å². The van der Waals surface area contributed by atoms with Crippen LogP contribution in [0.4, 0.5) is 0 Å². The van der Waals surface area contributed by atoms with Crippen LogP contribution in [0.15, 0.2) is 18.2 Å². The van der Waals surface area contributed by atoms with Gasteiger partial charge in [0, 0.05) is 0 Å². The highest BCUT2D eigenvalue weighted by molar-refractivity contribution is 6.34. The third-order valence-corrected chi connectivity index (χ3v) is 2.06. The number of ether oxygens (including phenoxy) is 1. The molecule has 0 saturated heterocycles. The molecule has 0 bridgehead atoms. The molecule has 0 heterocycles. The van der Waals surface area contributed by atoms with E-state index in [0.29, 0.717) is 5.92 Å². The smallest absolute Gasteiger partial charge is 0.119 e. The maximum Gasteiger partial charge on any atom is 0.119 e. The highest BCUT2D eigenvalue weighted by atomic mass is 16.5. The largest absolute Gasteiger partial charge is 0.492 e. The van der Waals surface area contributed by atoms with Gasteiger partial charge >= 0.3 is 0 Å². The Kier molecular flexibility index (Phi) is 3.62. The lowest BCUT2D eigenvalue weighted by molar-refractivity contribution is 0.244. The molecule has 0 aliphatic heterocycles. The number of hydrogen-bond donors (Lipinski definition) is 0. The molecule has 0 atom stereocenters. The quantitative estimate of drug-likeness (QED) is 0.661. The van der Waals surface area contributed by atoms with E-state index in [4.69, 9.17) is 12.6 Å². The van der Waals surface area contributed by atoms with E-state index in [-0.39, 0.29) is 6.10 Å². The fourth-order valence-electron chi connectivity index (χ4n) is 1.29. The minimum absolute atomic E-state index is 0.169. The van der Waals surface area contributed by atoms with Gasteiger partial charge in [0.15, 0.2) is 0 Å². The summed E-state index contributed by atoms with van der Waals surface area (Å²) in [5.41, 5.74) is 1.98. The van der Waals surface area contributed by atoms with E-state index in [1.807, 2.05) is 26.0 Å². The van der Waals surface area contributed by atoms with Crippen LogP contribution in [0.1, 0.15) is 39.2 Å². The van der Waals surface area contributed by atoms with Gasteiger partial charge in [-0.2, -0.15) is 0 Å². The standard InChI is InChI=1S/C12H17BO/c1-8(2)10-5-6-12(11(13)7-10)14-9(3)4/h5-9H,1-4H3. The third kappa shape index (κ3) is 2.79. The summed E-state index contributed by atoms with van der Waals surface area (Å²) in [6, 6.07) is 6.01. The molecule has 0 amide bonds. The molecule has 0 N–H and O–H groups in total. The van der Waals surface area contributed by atoms with Gasteiger partial charge in [-0.05, 0) is 31.4 Å². The Bertz CT molecular complexity index is 305. The molecule has 0 aromatic heterocycles. The summed E-state index contributed by atoms with van der Waals surface area (Å²) in [6.45, 7) is 8.29. The van der Waals surface area contributed by atoms with Gasteiger partial charge in [0.2, 0.25) is 0 Å². The Morgan fingerprint density at radius 1 is 1.14 bits per heavy atom. The first-order chi connectivity index (χ1) is 6.50. The summed E-state index contributed by atoms with van der Waals surface area (Å²) < 4.78 is 5.55. The SMILES string of the molecule is [B]c1cc(C(C)C)ccc1OC(C)C. The first-order valence-corrected chi connectivity index (χ1v) is 5.06. The van der Waals surface area contributed by atoms with Crippen LogP contribution in [0, 0.1) is 0 Å². The molecular formula is C12H17BO. The van der Waals surface area contributed by atoms with Crippen molar-refractivity contribution in [3.8, 4) is 5.75 Å². The zero-order valence-electron chi connectivity index (χ0n) is 9.37. The highest BCUT2D eigenvalue weighted by Gasteiger charge is 2.04. The zero-order valence-corrected chi connectivity index (χ0v) is 9.37. The molecule has 1 aromatic carbocycles. The van der Waals surface area contributed by atoms with Crippen LogP contribution in [-0.4, -0.2) is 14.0 Å². The summed E-state index contributed by atoms with van der Waals surface area (Å²) >= 11 is 0. The lowest BCUT2D eigenvalue weighted by atomic mass is 9.90. The van der Waals surface area contributed by atoms with Gasteiger partial charge in [0.25, 0.3) is 0 Å². The second-order valence-electron chi connectivity index (χ2n) is 4.12. The minimum Gasteiger partial charge on any atom is -0.492 e. The molecule has 1 rings (SSSR count). The molecule has 0 unspecified atom stereocenters. The molecule has 0 spiro atoms. The predicted molar refractivity (Wildman–Crippen MR) is 61.7 cm³/mol. The van der Waals surface area contributed by atoms with Crippen LogP contribution in [0.3, 0.4) is 0 Å². The Morgan fingerprint density at radius 3 is 2.21 bits per heavy atom. The van der Waals surface area contributed by atoms with E-state index in [2.05, 4.69) is 19.9 Å². The summed E-state index contributed by atoms with van der Waals surface area (Å²) in [7, 11) is 5.88. The molecule has 2 heteroatoms. The average Bonchev–Trinajstić information content (AvgIpc) is 2.07. The lowest BCUT2D eigenvalue weighted by Gasteiger charge is -2.14. The van der Waals surface area contributed by atoms with Gasteiger partial charge in [0.1, 0.15) is 13.6 Å². The number of rotatable bonds is 3. The second kappa shape index (κ2) is 4.54. The summed E-state index contributed by atoms with van der Waals surface area (Å²) in [5.74, 6) is 1.29. The van der Waals surface area contributed by atoms with Crippen LogP contribution in [-0.2, 0) is 0 Å². The van der Waals surface area contributed by atoms with E-state index in [9.17, 15) is 0 Å². The van der Waals surface area contributed by atoms with E-state index >= 15 is 0 Å². The second-order valence-corrected chi connectivity index (χ2v) is 4.12. The van der Waals surface area contributed by atoms with Crippen molar-refractivity contribution >= 4 is 13.3 Å². The van der Waals surface area contributed by atoms with Crippen molar-refractivity contribution in [2.75, 3.05) is 0 Å². The topological polar surface area (TPSA) is 9.23 Å². The van der Waals surface area contributed by atoms with Gasteiger partial charge in [-0.1, -0.05) is 31.4 Å². The van der Waals surface area contributed by atoms with Crippen LogP contribution in [0.5, 0.6) is 5.75 Å². The van der Waals surface area contributed by atoms with Crippen LogP contribution < -0.4 is 10.2 Å². The van der Waals surface area contributed by atoms with Crippen molar-refractivity contribution in [3.63, 3.8) is 0 Å². The van der Waals surface area contributed by atoms with Gasteiger partial charge in [-0.25, -0.2) is 0 Å². The molecule has 1 aromatic rings. The van der Waals surface area contributed by atoms with Crippen LogP contribution in [0.2, 0.25) is 0 Å². The average molecular weight is 188 g/mol. The molecule has 74 valence electrons. The first kappa shape index (κ1) is 11.2. The van der Waals surface area contributed by atoms with Crippen molar-refractivity contribution in [1.82, 2.24) is 0 Å². The Hall–Kier alpha value is -0.915. The summed E-state index contributed by atoms with van der Waals surface area (Å²) in [6.07, 6.45) is 0.169. The van der Waals surface area contributed by atoms with Crippen molar-refractivity contribution in [2.24, 2.45) is 0 Å². The Balaban J connectivity index is 2.90. The fourth-order valence-corrected chi connectivity index (χ4v) is 1.29. The van der Waals surface area contributed by atoms with Gasteiger partial charge in [-0.15, -0.1) is 0 Å². The molecule has 14 heavy (non-hydrogen) atoms. The molecule has 0 fully saturated rings. The number of benzene rings is 1. The molecule has 2 radical (unpaired) electrons. The maximum atomic E-state index is 5.88. The Morgan fingerprint density at radius 2 is 1.79 bits per heavy atom. The van der Waals surface area contributed by atoms with Crippen LogP contribution >= 0.6 is 0 Å². The van der Waals surface area contributed by atoms with Crippen molar-refractivity contribution in [3.05, 3.63) is 23.8 Å². The third-order valence-electron chi connectivity index (χ3n) is 2.06. The Labute approximate surface area is 87.9 Å². The monoisotopic (exact) mass is 188 g/mol. The minimum atomic E-state index is 0.169. The van der Waals surface area contributed by atoms with Crippen molar-refractivity contribution < 1.29 is 4.74 Å². The summed E-state index contributed by atoms with van der Waals surface area (Å²) in [5, 5.41) is 0. The molecule has 0 aliphatic rings. The van der Waals surface area contributed by atoms with Gasteiger partial charge in [-0.3, -0.25) is 0 Å². The maximum absolute atomic E-state index is 5.88. The zero-order chi connectivity index (χ0) is 10.7. The van der Waals surface area contributed by atoms with Gasteiger partial charge in [0.05, 0.1) is 6.10 Å². The predicted octanol–water partition coefficient (Wildman–Crippen LogP) is 2.39. The molecule has 0 aliphatic carbocycles. The molecule has 0 saturated carbocycles. The van der Waals surface area contributed by atoms with E-state index in [1.54, 1.807) is 0 Å². The highest BCUT2D eigenvalue weighted by Crippen LogP contribution is 2.17. The first-order valence-electron chi connectivity index (χ1n) is 5.06. The van der Waals surface area contributed by atoms with Gasteiger partial charge < -0.3 is 4.74 Å². The normalized spacial score (nSPS) is 11.0. The van der Waals surface area contributed by atoms with Crippen LogP contribution in [0.25, 0.3) is 0 Å². The molecular weight excluding hydrogens is 171 g/mol. The summed E-state index contributed by atoms with van der Waals surface area (Å²) in [4.78, 5) is 0.